The maximum Gasteiger partial charge on any atom is 0.187 e. The number of allylic oxidation sites excluding steroid dienone is 5. The minimum absolute atomic E-state index is 0.00336. The van der Waals surface area contributed by atoms with Crippen molar-refractivity contribution in [3.63, 3.8) is 0 Å². The number of carbonyl (C=O) groups is 1. The Labute approximate surface area is 225 Å². The minimum atomic E-state index is -1.30. The van der Waals surface area contributed by atoms with Gasteiger partial charge in [0.15, 0.2) is 12.1 Å². The number of carbonyl (C=O) groups excluding carboxylic acids is 1. The fourth-order valence-corrected chi connectivity index (χ4v) is 9.41. The molecular formula is C31H44O7. The predicted octanol–water partition coefficient (Wildman–Crippen LogP) is 3.35. The first-order valence-corrected chi connectivity index (χ1v) is 14.7. The Hall–Kier alpha value is -1.35. The number of fused-ring (bicyclic) bond motifs is 5. The van der Waals surface area contributed by atoms with Crippen molar-refractivity contribution < 1.29 is 34.7 Å². The van der Waals surface area contributed by atoms with Crippen LogP contribution in [0.3, 0.4) is 0 Å². The van der Waals surface area contributed by atoms with Gasteiger partial charge < -0.3 is 29.9 Å². The standard InChI is InChI=1S/C31H44O7/c1-17-25(33)26(34)27(35)28(37-17)38-21-10-13-29(2)19(16-21)6-9-24-23(29)11-14-30(3)22(12-15-31(24,30)36)18-4-7-20(32)8-5-18/h4-5,7,16-17,21-28,33-36H,6,8-15H2,1-3H3/t17-,21-,22+,23-,24+,25-,26+,27+,28-,29-,30+,31-/m0/s1. The lowest BCUT2D eigenvalue weighted by atomic mass is 9.45. The van der Waals surface area contributed by atoms with Crippen molar-refractivity contribution in [1.29, 1.82) is 0 Å². The molecule has 6 aliphatic rings. The SMILES string of the molecule is C[C@@H]1O[C@@H](O[C@@H]2C=C3CC[C@@H]4[C@H](CC[C@]5(C)[C@@H](C6=CCC(=O)C=C6)CC[C@]45O)[C@@]3(C)CC2)[C@H](O)[C@H](O)[C@H]1O. The molecule has 0 aromatic carbocycles. The van der Waals surface area contributed by atoms with E-state index < -0.39 is 36.3 Å². The van der Waals surface area contributed by atoms with Crippen LogP contribution in [0.5, 0.6) is 0 Å². The Balaban J connectivity index is 1.20. The summed E-state index contributed by atoms with van der Waals surface area (Å²) in [4.78, 5) is 11.8. The molecule has 0 unspecified atom stereocenters. The molecule has 210 valence electrons. The van der Waals surface area contributed by atoms with Crippen LogP contribution in [0.4, 0.5) is 0 Å². The largest absolute Gasteiger partial charge is 0.389 e. The molecule has 0 spiro atoms. The molecule has 38 heavy (non-hydrogen) atoms. The second-order valence-electron chi connectivity index (χ2n) is 13.4. The molecule has 3 saturated carbocycles. The molecule has 1 aliphatic heterocycles. The summed E-state index contributed by atoms with van der Waals surface area (Å²) in [5, 5.41) is 43.1. The van der Waals surface area contributed by atoms with Crippen molar-refractivity contribution in [2.24, 2.45) is 28.6 Å². The van der Waals surface area contributed by atoms with Gasteiger partial charge in [0.2, 0.25) is 0 Å². The van der Waals surface area contributed by atoms with E-state index in [1.54, 1.807) is 13.0 Å². The number of ether oxygens (including phenoxy) is 2. The molecule has 0 aromatic rings. The maximum atomic E-state index is 12.4. The molecule has 6 rings (SSSR count). The normalized spacial score (nSPS) is 52.5. The van der Waals surface area contributed by atoms with E-state index in [-0.39, 0.29) is 28.6 Å². The second-order valence-corrected chi connectivity index (χ2v) is 13.4. The van der Waals surface area contributed by atoms with Gasteiger partial charge >= 0.3 is 0 Å². The Bertz CT molecular complexity index is 1060. The molecule has 0 aromatic heterocycles. The third kappa shape index (κ3) is 3.87. The van der Waals surface area contributed by atoms with E-state index in [4.69, 9.17) is 9.47 Å². The van der Waals surface area contributed by atoms with Gasteiger partial charge in [0.05, 0.1) is 17.8 Å². The van der Waals surface area contributed by atoms with Crippen LogP contribution >= 0.6 is 0 Å². The number of hydrogen-bond donors (Lipinski definition) is 4. The van der Waals surface area contributed by atoms with E-state index >= 15 is 0 Å². The van der Waals surface area contributed by atoms with Gasteiger partial charge in [-0.3, -0.25) is 4.79 Å². The summed E-state index contributed by atoms with van der Waals surface area (Å²) in [6.45, 7) is 6.34. The summed E-state index contributed by atoms with van der Waals surface area (Å²) in [5.74, 6) is 1.11. The van der Waals surface area contributed by atoms with Crippen molar-refractivity contribution in [2.45, 2.75) is 121 Å². The first kappa shape index (κ1) is 26.9. The van der Waals surface area contributed by atoms with Crippen LogP contribution in [-0.4, -0.2) is 68.6 Å². The quantitative estimate of drug-likeness (QED) is 0.415. The van der Waals surface area contributed by atoms with Gasteiger partial charge in [-0.25, -0.2) is 0 Å². The van der Waals surface area contributed by atoms with Gasteiger partial charge in [0, 0.05) is 11.8 Å². The van der Waals surface area contributed by atoms with E-state index in [1.807, 2.05) is 6.08 Å². The van der Waals surface area contributed by atoms with E-state index in [9.17, 15) is 25.2 Å². The Morgan fingerprint density at radius 2 is 1.74 bits per heavy atom. The highest BCUT2D eigenvalue weighted by Crippen LogP contribution is 2.69. The fourth-order valence-electron chi connectivity index (χ4n) is 9.41. The van der Waals surface area contributed by atoms with Crippen molar-refractivity contribution >= 4 is 5.78 Å². The Morgan fingerprint density at radius 1 is 0.947 bits per heavy atom. The molecule has 7 heteroatoms. The highest BCUT2D eigenvalue weighted by atomic mass is 16.7. The Morgan fingerprint density at radius 3 is 2.47 bits per heavy atom. The average Bonchev–Trinajstić information content (AvgIpc) is 3.18. The van der Waals surface area contributed by atoms with Crippen LogP contribution < -0.4 is 0 Å². The molecule has 1 saturated heterocycles. The molecule has 5 aliphatic carbocycles. The van der Waals surface area contributed by atoms with Gasteiger partial charge in [-0.05, 0) is 93.1 Å². The van der Waals surface area contributed by atoms with E-state index in [0.717, 1.165) is 51.4 Å². The second kappa shape index (κ2) is 9.35. The molecule has 12 atom stereocenters. The zero-order valence-corrected chi connectivity index (χ0v) is 22.9. The summed E-state index contributed by atoms with van der Waals surface area (Å²) in [7, 11) is 0. The van der Waals surface area contributed by atoms with Crippen LogP contribution in [0.25, 0.3) is 0 Å². The third-order valence-corrected chi connectivity index (χ3v) is 11.8. The fraction of sp³-hybridized carbons (Fsp3) is 0.774. The van der Waals surface area contributed by atoms with Gasteiger partial charge in [-0.1, -0.05) is 37.6 Å². The Kier molecular flexibility index (Phi) is 6.61. The lowest BCUT2D eigenvalue weighted by Gasteiger charge is -2.62. The smallest absolute Gasteiger partial charge is 0.187 e. The zero-order chi connectivity index (χ0) is 27.0. The van der Waals surface area contributed by atoms with E-state index in [1.165, 1.54) is 11.1 Å². The molecule has 4 N–H and O–H groups in total. The number of hydrogen-bond acceptors (Lipinski definition) is 7. The molecule has 4 fully saturated rings. The first-order chi connectivity index (χ1) is 18.0. The van der Waals surface area contributed by atoms with Crippen molar-refractivity contribution in [2.75, 3.05) is 0 Å². The lowest BCUT2D eigenvalue weighted by Crippen LogP contribution is -2.61. The van der Waals surface area contributed by atoms with Crippen LogP contribution in [0.2, 0.25) is 0 Å². The number of rotatable bonds is 3. The van der Waals surface area contributed by atoms with Crippen molar-refractivity contribution in [3.8, 4) is 0 Å². The summed E-state index contributed by atoms with van der Waals surface area (Å²) in [5.41, 5.74) is 1.74. The monoisotopic (exact) mass is 528 g/mol. The molecule has 0 amide bonds. The summed E-state index contributed by atoms with van der Waals surface area (Å²) in [6.07, 6.45) is 10.4. The van der Waals surface area contributed by atoms with Gasteiger partial charge in [-0.2, -0.15) is 0 Å². The van der Waals surface area contributed by atoms with Crippen LogP contribution in [-0.2, 0) is 14.3 Å². The van der Waals surface area contributed by atoms with E-state index in [2.05, 4.69) is 26.0 Å². The van der Waals surface area contributed by atoms with Crippen LogP contribution in [0, 0.1) is 28.6 Å². The van der Waals surface area contributed by atoms with Crippen molar-refractivity contribution in [3.05, 3.63) is 35.5 Å². The van der Waals surface area contributed by atoms with E-state index in [0.29, 0.717) is 18.3 Å². The predicted molar refractivity (Wildman–Crippen MR) is 141 cm³/mol. The van der Waals surface area contributed by atoms with Crippen LogP contribution in [0.15, 0.2) is 35.5 Å². The highest BCUT2D eigenvalue weighted by molar-refractivity contribution is 5.92. The zero-order valence-electron chi connectivity index (χ0n) is 22.9. The minimum Gasteiger partial charge on any atom is -0.389 e. The molecule has 0 radical (unpaired) electrons. The highest BCUT2D eigenvalue weighted by Gasteiger charge is 2.66. The average molecular weight is 529 g/mol. The molecule has 0 bridgehead atoms. The summed E-state index contributed by atoms with van der Waals surface area (Å²) in [6, 6.07) is 0. The molecule has 1 heterocycles. The first-order valence-electron chi connectivity index (χ1n) is 14.7. The molecule has 7 nitrogen and oxygen atoms in total. The number of aliphatic hydroxyl groups is 4. The number of ketones is 1. The van der Waals surface area contributed by atoms with Gasteiger partial charge in [-0.15, -0.1) is 0 Å². The summed E-state index contributed by atoms with van der Waals surface area (Å²) >= 11 is 0. The number of aliphatic hydroxyl groups excluding tert-OH is 3. The maximum absolute atomic E-state index is 12.4. The third-order valence-electron chi connectivity index (χ3n) is 11.8. The van der Waals surface area contributed by atoms with Gasteiger partial charge in [0.1, 0.15) is 18.3 Å². The molecular weight excluding hydrogens is 484 g/mol. The van der Waals surface area contributed by atoms with Gasteiger partial charge in [0.25, 0.3) is 0 Å². The van der Waals surface area contributed by atoms with Crippen LogP contribution in [0.1, 0.15) is 78.6 Å². The topological polar surface area (TPSA) is 116 Å². The lowest BCUT2D eigenvalue weighted by molar-refractivity contribution is -0.301. The van der Waals surface area contributed by atoms with Crippen molar-refractivity contribution in [1.82, 2.24) is 0 Å². The summed E-state index contributed by atoms with van der Waals surface area (Å²) < 4.78 is 11.8.